The van der Waals surface area contributed by atoms with E-state index in [1.54, 1.807) is 0 Å². The van der Waals surface area contributed by atoms with Crippen LogP contribution in [0.15, 0.2) is 22.7 Å². The molecule has 0 saturated carbocycles. The van der Waals surface area contributed by atoms with Gasteiger partial charge in [0.25, 0.3) is 0 Å². The zero-order valence-corrected chi connectivity index (χ0v) is 11.0. The number of ketones is 1. The van der Waals surface area contributed by atoms with Crippen LogP contribution in [-0.4, -0.2) is 16.9 Å². The van der Waals surface area contributed by atoms with Gasteiger partial charge in [0.1, 0.15) is 5.82 Å². The summed E-state index contributed by atoms with van der Waals surface area (Å²) in [5.41, 5.74) is -1.29. The number of aliphatic carboxylic acids is 1. The fourth-order valence-electron chi connectivity index (χ4n) is 1.28. The van der Waals surface area contributed by atoms with Crippen molar-refractivity contribution in [2.45, 2.75) is 20.3 Å². The lowest BCUT2D eigenvalue weighted by atomic mass is 9.85. The van der Waals surface area contributed by atoms with E-state index in [1.165, 1.54) is 32.0 Å². The van der Waals surface area contributed by atoms with Crippen LogP contribution in [0.1, 0.15) is 30.6 Å². The molecule has 0 unspecified atom stereocenters. The van der Waals surface area contributed by atoms with Gasteiger partial charge in [-0.1, -0.05) is 15.9 Å². The first-order valence-electron chi connectivity index (χ1n) is 4.95. The van der Waals surface area contributed by atoms with Crippen LogP contribution in [0.25, 0.3) is 0 Å². The smallest absolute Gasteiger partial charge is 0.309 e. The van der Waals surface area contributed by atoms with Crippen molar-refractivity contribution in [3.63, 3.8) is 0 Å². The minimum atomic E-state index is -1.20. The maximum Gasteiger partial charge on any atom is 0.309 e. The van der Waals surface area contributed by atoms with Crippen molar-refractivity contribution in [1.29, 1.82) is 0 Å². The number of carbonyl (C=O) groups is 2. The molecule has 92 valence electrons. The molecule has 0 bridgehead atoms. The van der Waals surface area contributed by atoms with E-state index in [9.17, 15) is 14.0 Å². The first kappa shape index (κ1) is 13.8. The van der Waals surface area contributed by atoms with E-state index in [0.717, 1.165) is 0 Å². The minimum Gasteiger partial charge on any atom is -0.481 e. The first-order valence-corrected chi connectivity index (χ1v) is 5.75. The monoisotopic (exact) mass is 302 g/mol. The van der Waals surface area contributed by atoms with E-state index in [0.29, 0.717) is 4.47 Å². The van der Waals surface area contributed by atoms with Gasteiger partial charge in [-0.25, -0.2) is 4.39 Å². The predicted octanol–water partition coefficient (Wildman–Crippen LogP) is 3.27. The summed E-state index contributed by atoms with van der Waals surface area (Å²) in [6.45, 7) is 2.87. The standard InChI is InChI=1S/C12H12BrFO3/c1-12(2,11(16)17)6-10(15)8-5-7(13)3-4-9(8)14/h3-5H,6H2,1-2H3,(H,16,17). The number of benzene rings is 1. The zero-order valence-electron chi connectivity index (χ0n) is 9.46. The van der Waals surface area contributed by atoms with Gasteiger partial charge >= 0.3 is 5.97 Å². The van der Waals surface area contributed by atoms with Gasteiger partial charge < -0.3 is 5.11 Å². The molecule has 1 aromatic rings. The molecule has 1 rings (SSSR count). The van der Waals surface area contributed by atoms with E-state index in [4.69, 9.17) is 5.11 Å². The number of Topliss-reactive ketones (excluding diaryl/α,β-unsaturated/α-hetero) is 1. The molecule has 1 aromatic carbocycles. The topological polar surface area (TPSA) is 54.4 Å². The van der Waals surface area contributed by atoms with Crippen LogP contribution in [0.3, 0.4) is 0 Å². The Kier molecular flexibility index (Phi) is 4.03. The Morgan fingerprint density at radius 1 is 1.41 bits per heavy atom. The molecular formula is C12H12BrFO3. The maximum absolute atomic E-state index is 13.4. The van der Waals surface area contributed by atoms with Crippen molar-refractivity contribution in [3.05, 3.63) is 34.1 Å². The molecule has 0 radical (unpaired) electrons. The Morgan fingerprint density at radius 3 is 2.53 bits per heavy atom. The lowest BCUT2D eigenvalue weighted by Gasteiger charge is -2.17. The molecule has 0 aliphatic rings. The molecule has 5 heteroatoms. The summed E-state index contributed by atoms with van der Waals surface area (Å²) in [6, 6.07) is 4.01. The lowest BCUT2D eigenvalue weighted by molar-refractivity contribution is -0.146. The molecule has 3 nitrogen and oxygen atoms in total. The van der Waals surface area contributed by atoms with E-state index in [-0.39, 0.29) is 12.0 Å². The number of halogens is 2. The van der Waals surface area contributed by atoms with E-state index < -0.39 is 23.0 Å². The van der Waals surface area contributed by atoms with Gasteiger partial charge in [-0.15, -0.1) is 0 Å². The van der Waals surface area contributed by atoms with Crippen molar-refractivity contribution in [3.8, 4) is 0 Å². The van der Waals surface area contributed by atoms with Gasteiger partial charge in [0.2, 0.25) is 0 Å². The molecule has 0 amide bonds. The van der Waals surface area contributed by atoms with Crippen molar-refractivity contribution in [2.75, 3.05) is 0 Å². The third-order valence-electron chi connectivity index (χ3n) is 2.41. The van der Waals surface area contributed by atoms with Crippen molar-refractivity contribution in [1.82, 2.24) is 0 Å². The molecule has 0 saturated heterocycles. The molecule has 0 heterocycles. The van der Waals surface area contributed by atoms with Crippen LogP contribution in [-0.2, 0) is 4.79 Å². The van der Waals surface area contributed by atoms with Crippen LogP contribution in [0.4, 0.5) is 4.39 Å². The maximum atomic E-state index is 13.4. The fraction of sp³-hybridized carbons (Fsp3) is 0.333. The highest BCUT2D eigenvalue weighted by Gasteiger charge is 2.31. The highest BCUT2D eigenvalue weighted by Crippen LogP contribution is 2.25. The number of hydrogen-bond donors (Lipinski definition) is 1. The van der Waals surface area contributed by atoms with Gasteiger partial charge in [-0.3, -0.25) is 9.59 Å². The van der Waals surface area contributed by atoms with Gasteiger partial charge in [0.05, 0.1) is 11.0 Å². The van der Waals surface area contributed by atoms with Crippen LogP contribution >= 0.6 is 15.9 Å². The predicted molar refractivity (Wildman–Crippen MR) is 64.5 cm³/mol. The summed E-state index contributed by atoms with van der Waals surface area (Å²) in [5.74, 6) is -2.24. The van der Waals surface area contributed by atoms with Crippen molar-refractivity contribution in [2.24, 2.45) is 5.41 Å². The highest BCUT2D eigenvalue weighted by atomic mass is 79.9. The van der Waals surface area contributed by atoms with Crippen LogP contribution in [0, 0.1) is 11.2 Å². The third-order valence-corrected chi connectivity index (χ3v) is 2.90. The normalized spacial score (nSPS) is 11.3. The van der Waals surface area contributed by atoms with Gasteiger partial charge in [0, 0.05) is 10.9 Å². The average molecular weight is 303 g/mol. The second-order valence-electron chi connectivity index (χ2n) is 4.41. The Hall–Kier alpha value is -1.23. The summed E-state index contributed by atoms with van der Waals surface area (Å²) in [6.07, 6.45) is -0.240. The van der Waals surface area contributed by atoms with Crippen molar-refractivity contribution < 1.29 is 19.1 Å². The van der Waals surface area contributed by atoms with Gasteiger partial charge in [-0.2, -0.15) is 0 Å². The zero-order chi connectivity index (χ0) is 13.2. The summed E-state index contributed by atoms with van der Waals surface area (Å²) >= 11 is 3.14. The molecule has 0 aliphatic carbocycles. The summed E-state index contributed by atoms with van der Waals surface area (Å²) in [4.78, 5) is 22.7. The lowest BCUT2D eigenvalue weighted by Crippen LogP contribution is -2.27. The largest absolute Gasteiger partial charge is 0.481 e. The highest BCUT2D eigenvalue weighted by molar-refractivity contribution is 9.10. The molecular weight excluding hydrogens is 291 g/mol. The summed E-state index contributed by atoms with van der Waals surface area (Å²) < 4.78 is 14.0. The van der Waals surface area contributed by atoms with Gasteiger partial charge in [0.15, 0.2) is 5.78 Å². The first-order chi connectivity index (χ1) is 7.74. The minimum absolute atomic E-state index is 0.0892. The third kappa shape index (κ3) is 3.36. The number of hydrogen-bond acceptors (Lipinski definition) is 2. The number of rotatable bonds is 4. The molecule has 0 fully saturated rings. The van der Waals surface area contributed by atoms with Crippen LogP contribution < -0.4 is 0 Å². The molecule has 0 aromatic heterocycles. The quantitative estimate of drug-likeness (QED) is 0.869. The molecule has 1 N–H and O–H groups in total. The Labute approximate surface area is 107 Å². The Morgan fingerprint density at radius 2 is 2.00 bits per heavy atom. The Bertz CT molecular complexity index is 469. The van der Waals surface area contributed by atoms with E-state index in [1.807, 2.05) is 0 Å². The second kappa shape index (κ2) is 4.96. The molecule has 17 heavy (non-hydrogen) atoms. The van der Waals surface area contributed by atoms with E-state index in [2.05, 4.69) is 15.9 Å². The summed E-state index contributed by atoms with van der Waals surface area (Å²) in [5, 5.41) is 8.91. The van der Waals surface area contributed by atoms with Crippen LogP contribution in [0.5, 0.6) is 0 Å². The Balaban J connectivity index is 2.98. The molecule has 0 aliphatic heterocycles. The number of carboxylic acid groups (broad SMARTS) is 1. The SMILES string of the molecule is CC(C)(CC(=O)c1cc(Br)ccc1F)C(=O)O. The fourth-order valence-corrected chi connectivity index (χ4v) is 1.64. The average Bonchev–Trinajstić information content (AvgIpc) is 2.20. The molecule has 0 atom stereocenters. The molecule has 0 spiro atoms. The summed E-state index contributed by atoms with van der Waals surface area (Å²) in [7, 11) is 0. The van der Waals surface area contributed by atoms with Crippen LogP contribution in [0.2, 0.25) is 0 Å². The van der Waals surface area contributed by atoms with Gasteiger partial charge in [-0.05, 0) is 32.0 Å². The second-order valence-corrected chi connectivity index (χ2v) is 5.33. The van der Waals surface area contributed by atoms with Crippen molar-refractivity contribution >= 4 is 27.7 Å². The van der Waals surface area contributed by atoms with E-state index >= 15 is 0 Å². The number of carboxylic acids is 1. The number of carbonyl (C=O) groups excluding carboxylic acids is 1.